The SMILES string of the molecule is CCc1nc2sc3c(c2c2nnc(SCC(=O)NCCc4ccccc4)n12)CCCC3. The van der Waals surface area contributed by atoms with Gasteiger partial charge in [0.15, 0.2) is 10.8 Å². The number of rotatable bonds is 7. The van der Waals surface area contributed by atoms with Gasteiger partial charge in [0, 0.05) is 17.8 Å². The molecule has 3 aromatic heterocycles. The van der Waals surface area contributed by atoms with Crippen LogP contribution in [0, 0.1) is 0 Å². The van der Waals surface area contributed by atoms with Crippen LogP contribution in [0.25, 0.3) is 15.9 Å². The van der Waals surface area contributed by atoms with Gasteiger partial charge in [-0.15, -0.1) is 21.5 Å². The summed E-state index contributed by atoms with van der Waals surface area (Å²) in [7, 11) is 0. The van der Waals surface area contributed by atoms with Crippen molar-refractivity contribution in [3.05, 3.63) is 52.2 Å². The summed E-state index contributed by atoms with van der Waals surface area (Å²) in [6, 6.07) is 10.2. The van der Waals surface area contributed by atoms with E-state index in [1.807, 2.05) is 29.5 Å². The Morgan fingerprint density at radius 1 is 1.19 bits per heavy atom. The Labute approximate surface area is 189 Å². The molecule has 4 aromatic rings. The van der Waals surface area contributed by atoms with Crippen molar-refractivity contribution in [2.24, 2.45) is 0 Å². The maximum atomic E-state index is 12.4. The molecular formula is C23H25N5OS2. The summed E-state index contributed by atoms with van der Waals surface area (Å²) < 4.78 is 2.06. The fourth-order valence-corrected chi connectivity index (χ4v) is 6.25. The molecule has 0 fully saturated rings. The summed E-state index contributed by atoms with van der Waals surface area (Å²) in [5, 5.41) is 13.9. The Morgan fingerprint density at radius 3 is 2.87 bits per heavy atom. The summed E-state index contributed by atoms with van der Waals surface area (Å²) in [5.41, 5.74) is 3.53. The minimum atomic E-state index is 0.0117. The molecule has 1 aliphatic carbocycles. The first-order valence-electron chi connectivity index (χ1n) is 10.9. The fourth-order valence-electron chi connectivity index (χ4n) is 4.20. The second-order valence-corrected chi connectivity index (χ2v) is 9.81. The largest absolute Gasteiger partial charge is 0.355 e. The standard InChI is InChI=1S/C23H25N5OS2/c1-2-18-25-22-20(16-10-6-7-11-17(16)31-22)21-26-27-23(28(18)21)30-14-19(29)24-13-12-15-8-4-3-5-9-15/h3-5,8-9H,2,6-7,10-14H2,1H3,(H,24,29). The average Bonchev–Trinajstić information content (AvgIpc) is 3.39. The molecule has 0 atom stereocenters. The van der Waals surface area contributed by atoms with Gasteiger partial charge >= 0.3 is 0 Å². The van der Waals surface area contributed by atoms with Crippen molar-refractivity contribution in [3.8, 4) is 0 Å². The number of carbonyl (C=O) groups is 1. The van der Waals surface area contributed by atoms with Gasteiger partial charge in [-0.2, -0.15) is 0 Å². The second-order valence-electron chi connectivity index (χ2n) is 7.79. The molecule has 1 amide bonds. The van der Waals surface area contributed by atoms with E-state index in [-0.39, 0.29) is 5.91 Å². The predicted octanol–water partition coefficient (Wildman–Crippen LogP) is 4.23. The van der Waals surface area contributed by atoms with Crippen LogP contribution < -0.4 is 5.32 Å². The quantitative estimate of drug-likeness (QED) is 0.426. The highest BCUT2D eigenvalue weighted by atomic mass is 32.2. The van der Waals surface area contributed by atoms with E-state index >= 15 is 0 Å². The maximum Gasteiger partial charge on any atom is 0.230 e. The first kappa shape index (κ1) is 20.5. The first-order valence-corrected chi connectivity index (χ1v) is 12.7. The van der Waals surface area contributed by atoms with Gasteiger partial charge in [0.2, 0.25) is 5.91 Å². The number of nitrogens with zero attached hydrogens (tertiary/aromatic N) is 4. The van der Waals surface area contributed by atoms with Gasteiger partial charge in [0.25, 0.3) is 0 Å². The molecule has 160 valence electrons. The third kappa shape index (κ3) is 4.06. The molecule has 0 bridgehead atoms. The van der Waals surface area contributed by atoms with Crippen LogP contribution in [-0.4, -0.2) is 37.8 Å². The summed E-state index contributed by atoms with van der Waals surface area (Å²) in [6.45, 7) is 2.74. The fraction of sp³-hybridized carbons (Fsp3) is 0.391. The summed E-state index contributed by atoms with van der Waals surface area (Å²) >= 11 is 3.25. The number of carbonyl (C=O) groups excluding carboxylic acids is 1. The number of aryl methyl sites for hydroxylation is 3. The smallest absolute Gasteiger partial charge is 0.230 e. The Kier molecular flexibility index (Phi) is 5.91. The zero-order valence-electron chi connectivity index (χ0n) is 17.6. The van der Waals surface area contributed by atoms with Crippen LogP contribution in [0.4, 0.5) is 0 Å². The number of thioether (sulfide) groups is 1. The Morgan fingerprint density at radius 2 is 2.03 bits per heavy atom. The van der Waals surface area contributed by atoms with Crippen molar-refractivity contribution < 1.29 is 4.79 Å². The van der Waals surface area contributed by atoms with E-state index in [0.29, 0.717) is 12.3 Å². The number of thiophene rings is 1. The number of fused-ring (bicyclic) bond motifs is 5. The lowest BCUT2D eigenvalue weighted by molar-refractivity contribution is -0.118. The highest BCUT2D eigenvalue weighted by Gasteiger charge is 2.23. The maximum absolute atomic E-state index is 12.4. The Hall–Kier alpha value is -2.45. The minimum Gasteiger partial charge on any atom is -0.355 e. The van der Waals surface area contributed by atoms with Crippen molar-refractivity contribution in [2.45, 2.75) is 50.6 Å². The lowest BCUT2D eigenvalue weighted by Crippen LogP contribution is -2.27. The zero-order valence-corrected chi connectivity index (χ0v) is 19.2. The second kappa shape index (κ2) is 8.96. The van der Waals surface area contributed by atoms with Crippen molar-refractivity contribution >= 4 is 44.9 Å². The molecule has 5 rings (SSSR count). The van der Waals surface area contributed by atoms with Gasteiger partial charge in [0.1, 0.15) is 10.7 Å². The highest BCUT2D eigenvalue weighted by molar-refractivity contribution is 7.99. The van der Waals surface area contributed by atoms with Gasteiger partial charge in [-0.05, 0) is 43.2 Å². The van der Waals surface area contributed by atoms with E-state index in [1.54, 1.807) is 0 Å². The van der Waals surface area contributed by atoms with Crippen molar-refractivity contribution in [3.63, 3.8) is 0 Å². The van der Waals surface area contributed by atoms with Gasteiger partial charge in [0.05, 0.1) is 11.1 Å². The molecule has 0 unspecified atom stereocenters. The number of nitrogens with one attached hydrogen (secondary N) is 1. The number of hydrogen-bond donors (Lipinski definition) is 1. The van der Waals surface area contributed by atoms with Crippen LogP contribution in [0.5, 0.6) is 0 Å². The van der Waals surface area contributed by atoms with Gasteiger partial charge < -0.3 is 5.32 Å². The number of aromatic nitrogens is 4. The predicted molar refractivity (Wildman–Crippen MR) is 126 cm³/mol. The lowest BCUT2D eigenvalue weighted by Gasteiger charge is -2.11. The van der Waals surface area contributed by atoms with E-state index in [0.717, 1.165) is 47.1 Å². The van der Waals surface area contributed by atoms with Crippen LogP contribution in [0.15, 0.2) is 35.5 Å². The average molecular weight is 452 g/mol. The van der Waals surface area contributed by atoms with Crippen molar-refractivity contribution in [2.75, 3.05) is 12.3 Å². The molecule has 0 spiro atoms. The number of amides is 1. The van der Waals surface area contributed by atoms with Crippen LogP contribution in [0.3, 0.4) is 0 Å². The van der Waals surface area contributed by atoms with Crippen molar-refractivity contribution in [1.29, 1.82) is 0 Å². The molecule has 6 nitrogen and oxygen atoms in total. The monoisotopic (exact) mass is 451 g/mol. The Balaban J connectivity index is 1.33. The summed E-state index contributed by atoms with van der Waals surface area (Å²) in [4.78, 5) is 19.9. The molecule has 0 radical (unpaired) electrons. The van der Waals surface area contributed by atoms with Crippen LogP contribution in [-0.2, 0) is 30.5 Å². The van der Waals surface area contributed by atoms with Crippen LogP contribution >= 0.6 is 23.1 Å². The molecule has 0 saturated carbocycles. The zero-order chi connectivity index (χ0) is 21.2. The first-order chi connectivity index (χ1) is 15.2. The molecular weight excluding hydrogens is 426 g/mol. The van der Waals surface area contributed by atoms with E-state index in [9.17, 15) is 4.79 Å². The molecule has 3 heterocycles. The molecule has 1 aromatic carbocycles. The van der Waals surface area contributed by atoms with E-state index in [4.69, 9.17) is 4.98 Å². The number of hydrogen-bond acceptors (Lipinski definition) is 6. The highest BCUT2D eigenvalue weighted by Crippen LogP contribution is 2.38. The molecule has 0 aliphatic heterocycles. The van der Waals surface area contributed by atoms with E-state index in [1.165, 1.54) is 46.0 Å². The van der Waals surface area contributed by atoms with Crippen LogP contribution in [0.2, 0.25) is 0 Å². The minimum absolute atomic E-state index is 0.0117. The van der Waals surface area contributed by atoms with E-state index in [2.05, 4.69) is 39.0 Å². The molecule has 8 heteroatoms. The third-order valence-electron chi connectivity index (χ3n) is 5.73. The normalized spacial score (nSPS) is 13.6. The number of benzene rings is 1. The van der Waals surface area contributed by atoms with Crippen molar-refractivity contribution in [1.82, 2.24) is 24.9 Å². The van der Waals surface area contributed by atoms with Crippen LogP contribution in [0.1, 0.15) is 41.6 Å². The third-order valence-corrected chi connectivity index (χ3v) is 7.84. The lowest BCUT2D eigenvalue weighted by atomic mass is 9.97. The van der Waals surface area contributed by atoms with E-state index < -0.39 is 0 Å². The summed E-state index contributed by atoms with van der Waals surface area (Å²) in [5.74, 6) is 1.29. The topological polar surface area (TPSA) is 72.2 Å². The molecule has 31 heavy (non-hydrogen) atoms. The Bertz CT molecular complexity index is 1230. The van der Waals surface area contributed by atoms with Gasteiger partial charge in [-0.3, -0.25) is 9.20 Å². The van der Waals surface area contributed by atoms with Gasteiger partial charge in [-0.1, -0.05) is 49.0 Å². The molecule has 1 aliphatic rings. The molecule has 1 N–H and O–H groups in total. The molecule has 0 saturated heterocycles. The summed E-state index contributed by atoms with van der Waals surface area (Å²) in [6.07, 6.45) is 6.34. The van der Waals surface area contributed by atoms with Gasteiger partial charge in [-0.25, -0.2) is 4.98 Å².